The molecule has 1 aliphatic heterocycles. The van der Waals surface area contributed by atoms with Crippen LogP contribution >= 0.6 is 0 Å². The standard InChI is InChI=1S/C11H14N4O4/c1-14-4-7(2-9(14)16)11(19)13-8-3-12-15(5-8)6-10(17)18/h3,5,7H,2,4,6H2,1H3,(H,13,19)(H,17,18). The molecular weight excluding hydrogens is 252 g/mol. The molecule has 0 saturated carbocycles. The van der Waals surface area contributed by atoms with Gasteiger partial charge in [-0.15, -0.1) is 0 Å². The Morgan fingerprint density at radius 2 is 2.32 bits per heavy atom. The van der Waals surface area contributed by atoms with E-state index in [4.69, 9.17) is 5.11 Å². The number of carboxylic acid groups (broad SMARTS) is 1. The Bertz CT molecular complexity index is 525. The first-order valence-electron chi connectivity index (χ1n) is 5.75. The van der Waals surface area contributed by atoms with E-state index in [-0.39, 0.29) is 30.7 Å². The molecular formula is C11H14N4O4. The fourth-order valence-corrected chi connectivity index (χ4v) is 1.94. The minimum atomic E-state index is -1.01. The van der Waals surface area contributed by atoms with Crippen LogP contribution in [0, 0.1) is 5.92 Å². The lowest BCUT2D eigenvalue weighted by Crippen LogP contribution is -2.25. The normalized spacial score (nSPS) is 18.7. The summed E-state index contributed by atoms with van der Waals surface area (Å²) in [6, 6.07) is 0. The fraction of sp³-hybridized carbons (Fsp3) is 0.455. The summed E-state index contributed by atoms with van der Waals surface area (Å²) in [5.74, 6) is -1.70. The van der Waals surface area contributed by atoms with Crippen LogP contribution in [0.4, 0.5) is 5.69 Å². The number of nitrogens with one attached hydrogen (secondary N) is 1. The number of carbonyl (C=O) groups is 3. The average molecular weight is 266 g/mol. The molecule has 19 heavy (non-hydrogen) atoms. The van der Waals surface area contributed by atoms with Crippen molar-refractivity contribution >= 4 is 23.5 Å². The third-order valence-electron chi connectivity index (χ3n) is 2.91. The molecule has 2 rings (SSSR count). The summed E-state index contributed by atoms with van der Waals surface area (Å²) in [6.07, 6.45) is 3.01. The zero-order chi connectivity index (χ0) is 14.0. The summed E-state index contributed by atoms with van der Waals surface area (Å²) in [5.41, 5.74) is 0.424. The highest BCUT2D eigenvalue weighted by Crippen LogP contribution is 2.18. The molecule has 2 heterocycles. The number of hydrogen-bond acceptors (Lipinski definition) is 4. The number of likely N-dealkylation sites (tertiary alicyclic amines) is 1. The van der Waals surface area contributed by atoms with Crippen LogP contribution in [-0.2, 0) is 20.9 Å². The van der Waals surface area contributed by atoms with E-state index >= 15 is 0 Å². The summed E-state index contributed by atoms with van der Waals surface area (Å²) >= 11 is 0. The summed E-state index contributed by atoms with van der Waals surface area (Å²) in [7, 11) is 1.65. The number of aromatic nitrogens is 2. The summed E-state index contributed by atoms with van der Waals surface area (Å²) in [4.78, 5) is 35.2. The maximum Gasteiger partial charge on any atom is 0.325 e. The topological polar surface area (TPSA) is 105 Å². The Morgan fingerprint density at radius 3 is 2.89 bits per heavy atom. The lowest BCUT2D eigenvalue weighted by Gasteiger charge is -2.09. The van der Waals surface area contributed by atoms with Crippen LogP contribution in [0.15, 0.2) is 12.4 Å². The SMILES string of the molecule is CN1CC(C(=O)Nc2cnn(CC(=O)O)c2)CC1=O. The first kappa shape index (κ1) is 13.1. The van der Waals surface area contributed by atoms with Gasteiger partial charge in [-0.1, -0.05) is 0 Å². The van der Waals surface area contributed by atoms with Crippen LogP contribution in [-0.4, -0.2) is 51.2 Å². The Kier molecular flexibility index (Phi) is 3.50. The molecule has 1 unspecified atom stereocenters. The first-order chi connectivity index (χ1) is 8.95. The number of amides is 2. The molecule has 0 spiro atoms. The van der Waals surface area contributed by atoms with Gasteiger partial charge in [-0.3, -0.25) is 19.1 Å². The molecule has 2 amide bonds. The van der Waals surface area contributed by atoms with Crippen molar-refractivity contribution < 1.29 is 19.5 Å². The van der Waals surface area contributed by atoms with Crippen molar-refractivity contribution in [1.29, 1.82) is 0 Å². The predicted molar refractivity (Wildman–Crippen MR) is 64.2 cm³/mol. The highest BCUT2D eigenvalue weighted by atomic mass is 16.4. The number of hydrogen-bond donors (Lipinski definition) is 2. The van der Waals surface area contributed by atoms with Gasteiger partial charge in [0, 0.05) is 26.2 Å². The zero-order valence-corrected chi connectivity index (χ0v) is 10.4. The molecule has 1 aromatic rings. The molecule has 1 atom stereocenters. The van der Waals surface area contributed by atoms with Crippen molar-refractivity contribution in [2.75, 3.05) is 18.9 Å². The molecule has 102 valence electrons. The fourth-order valence-electron chi connectivity index (χ4n) is 1.94. The van der Waals surface area contributed by atoms with Gasteiger partial charge in [-0.25, -0.2) is 0 Å². The predicted octanol–water partition coefficient (Wildman–Crippen LogP) is -0.615. The molecule has 1 aliphatic rings. The maximum absolute atomic E-state index is 11.9. The average Bonchev–Trinajstić information content (AvgIpc) is 2.86. The van der Waals surface area contributed by atoms with Gasteiger partial charge < -0.3 is 15.3 Å². The monoisotopic (exact) mass is 266 g/mol. The van der Waals surface area contributed by atoms with Gasteiger partial charge in [0.1, 0.15) is 6.54 Å². The van der Waals surface area contributed by atoms with E-state index in [1.54, 1.807) is 7.05 Å². The van der Waals surface area contributed by atoms with Gasteiger partial charge in [-0.05, 0) is 0 Å². The summed E-state index contributed by atoms with van der Waals surface area (Å²) in [6.45, 7) is 0.133. The molecule has 0 aliphatic carbocycles. The summed E-state index contributed by atoms with van der Waals surface area (Å²) in [5, 5.41) is 15.0. The van der Waals surface area contributed by atoms with Crippen LogP contribution in [0.3, 0.4) is 0 Å². The lowest BCUT2D eigenvalue weighted by atomic mass is 10.1. The Balaban J connectivity index is 1.94. The second-order valence-corrected chi connectivity index (χ2v) is 4.48. The van der Waals surface area contributed by atoms with E-state index < -0.39 is 5.97 Å². The number of aliphatic carboxylic acids is 1. The number of carbonyl (C=O) groups excluding carboxylic acids is 2. The van der Waals surface area contributed by atoms with Crippen LogP contribution in [0.2, 0.25) is 0 Å². The van der Waals surface area contributed by atoms with E-state index in [9.17, 15) is 14.4 Å². The van der Waals surface area contributed by atoms with E-state index in [1.165, 1.54) is 22.0 Å². The second kappa shape index (κ2) is 5.09. The molecule has 1 aromatic heterocycles. The number of rotatable bonds is 4. The van der Waals surface area contributed by atoms with Crippen LogP contribution < -0.4 is 5.32 Å². The molecule has 0 bridgehead atoms. The van der Waals surface area contributed by atoms with E-state index in [2.05, 4.69) is 10.4 Å². The van der Waals surface area contributed by atoms with Crippen molar-refractivity contribution in [2.45, 2.75) is 13.0 Å². The molecule has 1 fully saturated rings. The minimum Gasteiger partial charge on any atom is -0.480 e. The van der Waals surface area contributed by atoms with E-state index in [0.717, 1.165) is 0 Å². The number of carboxylic acids is 1. The highest BCUT2D eigenvalue weighted by molar-refractivity contribution is 5.96. The summed E-state index contributed by atoms with van der Waals surface area (Å²) < 4.78 is 1.21. The Morgan fingerprint density at radius 1 is 1.58 bits per heavy atom. The highest BCUT2D eigenvalue weighted by Gasteiger charge is 2.32. The molecule has 8 heteroatoms. The molecule has 2 N–H and O–H groups in total. The Hall–Kier alpha value is -2.38. The van der Waals surface area contributed by atoms with Crippen LogP contribution in [0.1, 0.15) is 6.42 Å². The molecule has 0 aromatic carbocycles. The van der Waals surface area contributed by atoms with Crippen LogP contribution in [0.25, 0.3) is 0 Å². The lowest BCUT2D eigenvalue weighted by molar-refractivity contribution is -0.138. The largest absolute Gasteiger partial charge is 0.480 e. The van der Waals surface area contributed by atoms with Gasteiger partial charge in [0.15, 0.2) is 0 Å². The van der Waals surface area contributed by atoms with Gasteiger partial charge in [0.25, 0.3) is 0 Å². The van der Waals surface area contributed by atoms with E-state index in [1.807, 2.05) is 0 Å². The van der Waals surface area contributed by atoms with Gasteiger partial charge >= 0.3 is 5.97 Å². The van der Waals surface area contributed by atoms with Gasteiger partial charge in [0.2, 0.25) is 11.8 Å². The third kappa shape index (κ3) is 3.09. The quantitative estimate of drug-likeness (QED) is 0.756. The van der Waals surface area contributed by atoms with Crippen molar-refractivity contribution in [3.8, 4) is 0 Å². The molecule has 8 nitrogen and oxygen atoms in total. The van der Waals surface area contributed by atoms with Crippen molar-refractivity contribution in [2.24, 2.45) is 5.92 Å². The van der Waals surface area contributed by atoms with Gasteiger partial charge in [0.05, 0.1) is 17.8 Å². The van der Waals surface area contributed by atoms with E-state index in [0.29, 0.717) is 12.2 Å². The Labute approximate surface area is 109 Å². The second-order valence-electron chi connectivity index (χ2n) is 4.48. The molecule has 1 saturated heterocycles. The third-order valence-corrected chi connectivity index (χ3v) is 2.91. The van der Waals surface area contributed by atoms with Crippen molar-refractivity contribution in [1.82, 2.24) is 14.7 Å². The zero-order valence-electron chi connectivity index (χ0n) is 10.4. The minimum absolute atomic E-state index is 0.0540. The van der Waals surface area contributed by atoms with Crippen LogP contribution in [0.5, 0.6) is 0 Å². The maximum atomic E-state index is 11.9. The smallest absolute Gasteiger partial charge is 0.325 e. The van der Waals surface area contributed by atoms with Crippen molar-refractivity contribution in [3.63, 3.8) is 0 Å². The number of nitrogens with zero attached hydrogens (tertiary/aromatic N) is 3. The van der Waals surface area contributed by atoms with Gasteiger partial charge in [-0.2, -0.15) is 5.10 Å². The first-order valence-corrected chi connectivity index (χ1v) is 5.75. The molecule has 0 radical (unpaired) electrons. The van der Waals surface area contributed by atoms with Crippen molar-refractivity contribution in [3.05, 3.63) is 12.4 Å². The number of anilines is 1.